The first-order chi connectivity index (χ1) is 14.0. The van der Waals surface area contributed by atoms with Gasteiger partial charge in [-0.3, -0.25) is 14.5 Å². The van der Waals surface area contributed by atoms with Crippen LogP contribution in [0.1, 0.15) is 43.9 Å². The predicted octanol–water partition coefficient (Wildman–Crippen LogP) is 4.27. The highest BCUT2D eigenvalue weighted by Gasteiger charge is 2.34. The Balaban J connectivity index is 1.43. The first-order valence-electron chi connectivity index (χ1n) is 9.33. The Morgan fingerprint density at radius 3 is 2.31 bits per heavy atom. The van der Waals surface area contributed by atoms with Gasteiger partial charge in [0.25, 0.3) is 11.8 Å². The first-order valence-corrected chi connectivity index (χ1v) is 10.1. The number of carbonyl (C=O) groups is 3. The second-order valence-electron chi connectivity index (χ2n) is 6.91. The Morgan fingerprint density at radius 2 is 1.66 bits per heavy atom. The van der Waals surface area contributed by atoms with Crippen LogP contribution < -0.4 is 0 Å². The molecule has 1 aliphatic rings. The van der Waals surface area contributed by atoms with Crippen molar-refractivity contribution in [2.45, 2.75) is 19.4 Å². The van der Waals surface area contributed by atoms with Gasteiger partial charge in [-0.25, -0.2) is 4.79 Å². The monoisotopic (exact) mass is 454 g/mol. The van der Waals surface area contributed by atoms with Gasteiger partial charge in [-0.05, 0) is 53.0 Å². The Hall–Kier alpha value is -2.93. The van der Waals surface area contributed by atoms with E-state index in [1.54, 1.807) is 30.3 Å². The molecule has 0 atom stereocenters. The van der Waals surface area contributed by atoms with Crippen LogP contribution in [-0.4, -0.2) is 40.9 Å². The fourth-order valence-electron chi connectivity index (χ4n) is 3.67. The maximum absolute atomic E-state index is 12.4. The molecule has 0 unspecified atom stereocenters. The number of carbonyl (C=O) groups excluding carboxylic acids is 3. The standard InChI is InChI=1S/C22H19BrN2O4/c1-29-22(28)14-8-9-17-18(23)13-24(19(17)12-14)10-4-5-11-25-20(26)15-6-2-3-7-16(15)21(25)27/h2-3,6-9,12-13H,4-5,10-11H2,1H3. The summed E-state index contributed by atoms with van der Waals surface area (Å²) >= 11 is 3.56. The highest BCUT2D eigenvalue weighted by Crippen LogP contribution is 2.28. The molecule has 0 N–H and O–H groups in total. The number of aromatic nitrogens is 1. The molecule has 1 aromatic heterocycles. The van der Waals surface area contributed by atoms with Crippen molar-refractivity contribution < 1.29 is 19.1 Å². The number of benzene rings is 2. The molecule has 29 heavy (non-hydrogen) atoms. The van der Waals surface area contributed by atoms with E-state index in [-0.39, 0.29) is 17.8 Å². The van der Waals surface area contributed by atoms with Crippen molar-refractivity contribution in [1.29, 1.82) is 0 Å². The highest BCUT2D eigenvalue weighted by molar-refractivity contribution is 9.10. The number of hydrogen-bond donors (Lipinski definition) is 0. The molecule has 4 rings (SSSR count). The summed E-state index contributed by atoms with van der Waals surface area (Å²) in [6, 6.07) is 12.4. The molecule has 0 radical (unpaired) electrons. The number of rotatable bonds is 6. The topological polar surface area (TPSA) is 68.6 Å². The van der Waals surface area contributed by atoms with Crippen molar-refractivity contribution in [2.75, 3.05) is 13.7 Å². The van der Waals surface area contributed by atoms with Crippen LogP contribution in [0.15, 0.2) is 53.1 Å². The molecule has 0 fully saturated rings. The van der Waals surface area contributed by atoms with E-state index in [0.717, 1.165) is 21.8 Å². The zero-order chi connectivity index (χ0) is 20.5. The smallest absolute Gasteiger partial charge is 0.337 e. The zero-order valence-electron chi connectivity index (χ0n) is 15.9. The molecule has 2 amide bonds. The van der Waals surface area contributed by atoms with E-state index in [1.807, 2.05) is 18.3 Å². The number of amides is 2. The molecular formula is C22H19BrN2O4. The van der Waals surface area contributed by atoms with Crippen molar-refractivity contribution in [3.05, 3.63) is 69.8 Å². The number of nitrogens with zero attached hydrogens (tertiary/aromatic N) is 2. The number of unbranched alkanes of at least 4 members (excludes halogenated alkanes) is 1. The normalized spacial score (nSPS) is 13.2. The van der Waals surface area contributed by atoms with E-state index in [0.29, 0.717) is 36.2 Å². The lowest BCUT2D eigenvalue weighted by Gasteiger charge is -2.14. The molecule has 0 saturated carbocycles. The molecule has 0 saturated heterocycles. The molecule has 1 aliphatic heterocycles. The van der Waals surface area contributed by atoms with Gasteiger partial charge < -0.3 is 9.30 Å². The molecule has 2 heterocycles. The summed E-state index contributed by atoms with van der Waals surface area (Å²) in [7, 11) is 1.36. The molecule has 3 aromatic rings. The SMILES string of the molecule is COC(=O)c1ccc2c(Br)cn(CCCCN3C(=O)c4ccccc4C3=O)c2c1. The summed E-state index contributed by atoms with van der Waals surface area (Å²) < 4.78 is 7.82. The number of halogens is 1. The summed E-state index contributed by atoms with van der Waals surface area (Å²) in [6.07, 6.45) is 3.46. The van der Waals surface area contributed by atoms with Crippen LogP contribution in [0.5, 0.6) is 0 Å². The number of hydrogen-bond acceptors (Lipinski definition) is 4. The van der Waals surface area contributed by atoms with Gasteiger partial charge in [0.2, 0.25) is 0 Å². The van der Waals surface area contributed by atoms with Gasteiger partial charge in [0.05, 0.1) is 29.3 Å². The van der Waals surface area contributed by atoms with Gasteiger partial charge in [-0.15, -0.1) is 0 Å². The van der Waals surface area contributed by atoms with E-state index in [9.17, 15) is 14.4 Å². The Bertz CT molecular complexity index is 1100. The van der Waals surface area contributed by atoms with E-state index in [4.69, 9.17) is 4.74 Å². The van der Waals surface area contributed by atoms with Crippen molar-refractivity contribution in [2.24, 2.45) is 0 Å². The van der Waals surface area contributed by atoms with Crippen molar-refractivity contribution >= 4 is 44.6 Å². The molecule has 6 nitrogen and oxygen atoms in total. The van der Waals surface area contributed by atoms with Gasteiger partial charge in [-0.2, -0.15) is 0 Å². The molecule has 0 spiro atoms. The molecule has 2 aromatic carbocycles. The van der Waals surface area contributed by atoms with Gasteiger partial charge in [-0.1, -0.05) is 18.2 Å². The van der Waals surface area contributed by atoms with Crippen LogP contribution in [0.25, 0.3) is 10.9 Å². The van der Waals surface area contributed by atoms with Crippen LogP contribution in [0.3, 0.4) is 0 Å². The van der Waals surface area contributed by atoms with Crippen LogP contribution in [-0.2, 0) is 11.3 Å². The third kappa shape index (κ3) is 3.46. The minimum absolute atomic E-state index is 0.220. The van der Waals surface area contributed by atoms with Crippen LogP contribution in [0.2, 0.25) is 0 Å². The van der Waals surface area contributed by atoms with Gasteiger partial charge >= 0.3 is 5.97 Å². The number of imide groups is 1. The number of esters is 1. The lowest BCUT2D eigenvalue weighted by atomic mass is 10.1. The first kappa shape index (κ1) is 19.4. The van der Waals surface area contributed by atoms with Gasteiger partial charge in [0.15, 0.2) is 0 Å². The second kappa shape index (κ2) is 7.83. The van der Waals surface area contributed by atoms with Crippen molar-refractivity contribution in [3.63, 3.8) is 0 Å². The summed E-state index contributed by atoms with van der Waals surface area (Å²) in [4.78, 5) is 38.0. The molecular weight excluding hydrogens is 436 g/mol. The lowest BCUT2D eigenvalue weighted by Crippen LogP contribution is -2.30. The van der Waals surface area contributed by atoms with E-state index < -0.39 is 0 Å². The number of methoxy groups -OCH3 is 1. The fraction of sp³-hybridized carbons (Fsp3) is 0.227. The molecule has 0 aliphatic carbocycles. The largest absolute Gasteiger partial charge is 0.465 e. The van der Waals surface area contributed by atoms with Crippen LogP contribution in [0, 0.1) is 0 Å². The Kier molecular flexibility index (Phi) is 5.24. The minimum Gasteiger partial charge on any atom is -0.465 e. The maximum Gasteiger partial charge on any atom is 0.337 e. The average Bonchev–Trinajstić information content (AvgIpc) is 3.19. The third-order valence-corrected chi connectivity index (χ3v) is 5.80. The van der Waals surface area contributed by atoms with E-state index in [1.165, 1.54) is 12.0 Å². The maximum atomic E-state index is 12.4. The van der Waals surface area contributed by atoms with Gasteiger partial charge in [0, 0.05) is 29.1 Å². The Morgan fingerprint density at radius 1 is 1.00 bits per heavy atom. The zero-order valence-corrected chi connectivity index (χ0v) is 17.4. The summed E-state index contributed by atoms with van der Waals surface area (Å²) in [5.41, 5.74) is 2.39. The van der Waals surface area contributed by atoms with E-state index >= 15 is 0 Å². The lowest BCUT2D eigenvalue weighted by molar-refractivity contribution is 0.0598. The quantitative estimate of drug-likeness (QED) is 0.316. The molecule has 7 heteroatoms. The van der Waals surface area contributed by atoms with Gasteiger partial charge in [0.1, 0.15) is 0 Å². The predicted molar refractivity (Wildman–Crippen MR) is 112 cm³/mol. The van der Waals surface area contributed by atoms with Crippen LogP contribution >= 0.6 is 15.9 Å². The number of fused-ring (bicyclic) bond motifs is 2. The number of ether oxygens (including phenoxy) is 1. The van der Waals surface area contributed by atoms with Crippen molar-refractivity contribution in [1.82, 2.24) is 9.47 Å². The summed E-state index contributed by atoms with van der Waals surface area (Å²) in [5, 5.41) is 1.01. The molecule has 148 valence electrons. The fourth-order valence-corrected chi connectivity index (χ4v) is 4.25. The summed E-state index contributed by atoms with van der Waals surface area (Å²) in [5.74, 6) is -0.814. The average molecular weight is 455 g/mol. The number of aryl methyl sites for hydroxylation is 1. The minimum atomic E-state index is -0.374. The highest BCUT2D eigenvalue weighted by atomic mass is 79.9. The van der Waals surface area contributed by atoms with E-state index in [2.05, 4.69) is 20.5 Å². The Labute approximate surface area is 176 Å². The third-order valence-electron chi connectivity index (χ3n) is 5.16. The molecule has 0 bridgehead atoms. The van der Waals surface area contributed by atoms with Crippen molar-refractivity contribution in [3.8, 4) is 0 Å². The summed E-state index contributed by atoms with van der Waals surface area (Å²) in [6.45, 7) is 1.09. The van der Waals surface area contributed by atoms with Crippen LogP contribution in [0.4, 0.5) is 0 Å². The second-order valence-corrected chi connectivity index (χ2v) is 7.76.